The molecule has 0 spiro atoms. The van der Waals surface area contributed by atoms with Crippen LogP contribution in [0.25, 0.3) is 5.69 Å². The van der Waals surface area contributed by atoms with E-state index in [0.717, 1.165) is 50.5 Å². The summed E-state index contributed by atoms with van der Waals surface area (Å²) in [6.45, 7) is 8.39. The molecule has 0 aliphatic carbocycles. The maximum atomic E-state index is 13.2. The number of aromatic nitrogens is 2. The van der Waals surface area contributed by atoms with E-state index in [4.69, 9.17) is 11.6 Å². The number of hydrogen-bond donors (Lipinski definition) is 0. The fourth-order valence-electron chi connectivity index (χ4n) is 4.02. The molecule has 0 N–H and O–H groups in total. The zero-order chi connectivity index (χ0) is 21.1. The minimum Gasteiger partial charge on any atom is -0.337 e. The lowest BCUT2D eigenvalue weighted by Gasteiger charge is -2.22. The van der Waals surface area contributed by atoms with Crippen molar-refractivity contribution in [3.63, 3.8) is 0 Å². The van der Waals surface area contributed by atoms with Gasteiger partial charge >= 0.3 is 0 Å². The quantitative estimate of drug-likeness (QED) is 0.622. The molecule has 0 saturated carbocycles. The van der Waals surface area contributed by atoms with E-state index in [-0.39, 0.29) is 5.91 Å². The van der Waals surface area contributed by atoms with Gasteiger partial charge in [-0.15, -0.1) is 0 Å². The van der Waals surface area contributed by atoms with Gasteiger partial charge in [-0.25, -0.2) is 4.68 Å². The van der Waals surface area contributed by atoms with Crippen LogP contribution in [0.5, 0.6) is 0 Å². The van der Waals surface area contributed by atoms with E-state index < -0.39 is 0 Å². The second kappa shape index (κ2) is 9.02. The predicted octanol–water partition coefficient (Wildman–Crippen LogP) is 4.49. The Morgan fingerprint density at radius 3 is 2.67 bits per heavy atom. The van der Waals surface area contributed by atoms with E-state index in [9.17, 15) is 4.79 Å². The van der Waals surface area contributed by atoms with Crippen LogP contribution >= 0.6 is 11.6 Å². The van der Waals surface area contributed by atoms with Crippen molar-refractivity contribution < 1.29 is 4.79 Å². The number of rotatable bonds is 4. The molecule has 5 nitrogen and oxygen atoms in total. The Morgan fingerprint density at radius 2 is 1.87 bits per heavy atom. The van der Waals surface area contributed by atoms with Crippen LogP contribution in [0.4, 0.5) is 0 Å². The first kappa shape index (κ1) is 20.6. The lowest BCUT2D eigenvalue weighted by atomic mass is 10.1. The minimum atomic E-state index is 0.0542. The van der Waals surface area contributed by atoms with Crippen molar-refractivity contribution in [2.75, 3.05) is 26.2 Å². The highest BCUT2D eigenvalue weighted by Crippen LogP contribution is 2.20. The highest BCUT2D eigenvalue weighted by molar-refractivity contribution is 6.30. The molecule has 4 rings (SSSR count). The third-order valence-corrected chi connectivity index (χ3v) is 6.06. The number of benzene rings is 2. The van der Waals surface area contributed by atoms with Gasteiger partial charge in [0.25, 0.3) is 5.91 Å². The number of nitrogens with zero attached hydrogens (tertiary/aromatic N) is 4. The van der Waals surface area contributed by atoms with Gasteiger partial charge in [-0.2, -0.15) is 5.10 Å². The van der Waals surface area contributed by atoms with Gasteiger partial charge in [0.1, 0.15) is 0 Å². The standard InChI is InChI=1S/C24H27ClN4O/c1-18-7-3-4-8-20(18)17-27-11-6-12-28(14-13-27)24(30)23-16-26-29(19(23)2)22-10-5-9-21(25)15-22/h3-5,7-10,15-16H,6,11-14,17H2,1-2H3. The average Bonchev–Trinajstić information content (AvgIpc) is 2.96. The fraction of sp³-hybridized carbons (Fsp3) is 0.333. The topological polar surface area (TPSA) is 41.4 Å². The predicted molar refractivity (Wildman–Crippen MR) is 120 cm³/mol. The van der Waals surface area contributed by atoms with Crippen molar-refractivity contribution >= 4 is 17.5 Å². The lowest BCUT2D eigenvalue weighted by molar-refractivity contribution is 0.0760. The number of carbonyl (C=O) groups excluding carboxylic acids is 1. The normalized spacial score (nSPS) is 15.2. The molecule has 1 aliphatic rings. The third kappa shape index (κ3) is 4.42. The molecule has 1 aromatic heterocycles. The van der Waals surface area contributed by atoms with Gasteiger partial charge in [-0.3, -0.25) is 9.69 Å². The molecule has 6 heteroatoms. The maximum absolute atomic E-state index is 13.2. The van der Waals surface area contributed by atoms with Crippen LogP contribution in [0.15, 0.2) is 54.7 Å². The van der Waals surface area contributed by atoms with Crippen LogP contribution in [-0.2, 0) is 6.54 Å². The molecule has 1 amide bonds. The van der Waals surface area contributed by atoms with Crippen LogP contribution < -0.4 is 0 Å². The van der Waals surface area contributed by atoms with Gasteiger partial charge in [0.2, 0.25) is 0 Å². The van der Waals surface area contributed by atoms with E-state index >= 15 is 0 Å². The van der Waals surface area contributed by atoms with Gasteiger partial charge in [0.05, 0.1) is 23.1 Å². The van der Waals surface area contributed by atoms with E-state index in [1.807, 2.05) is 36.1 Å². The molecule has 1 saturated heterocycles. The number of aryl methyl sites for hydroxylation is 1. The monoisotopic (exact) mass is 422 g/mol. The molecule has 2 aromatic carbocycles. The van der Waals surface area contributed by atoms with Crippen molar-refractivity contribution in [3.05, 3.63) is 82.1 Å². The summed E-state index contributed by atoms with van der Waals surface area (Å²) in [7, 11) is 0. The van der Waals surface area contributed by atoms with Crippen molar-refractivity contribution in [2.24, 2.45) is 0 Å². The summed E-state index contributed by atoms with van der Waals surface area (Å²) in [4.78, 5) is 17.6. The van der Waals surface area contributed by atoms with Gasteiger partial charge in [-0.05, 0) is 49.6 Å². The smallest absolute Gasteiger partial charge is 0.257 e. The van der Waals surface area contributed by atoms with Gasteiger partial charge < -0.3 is 4.90 Å². The summed E-state index contributed by atoms with van der Waals surface area (Å²) in [6, 6.07) is 16.0. The number of carbonyl (C=O) groups is 1. The van der Waals surface area contributed by atoms with Crippen LogP contribution in [0.2, 0.25) is 5.02 Å². The van der Waals surface area contributed by atoms with Gasteiger partial charge in [0, 0.05) is 37.7 Å². The largest absolute Gasteiger partial charge is 0.337 e. The first-order valence-electron chi connectivity index (χ1n) is 10.4. The number of amides is 1. The highest BCUT2D eigenvalue weighted by Gasteiger charge is 2.24. The highest BCUT2D eigenvalue weighted by atomic mass is 35.5. The molecule has 0 unspecified atom stereocenters. The Bertz CT molecular complexity index is 1050. The molecule has 1 fully saturated rings. The molecule has 3 aromatic rings. The zero-order valence-corrected chi connectivity index (χ0v) is 18.3. The van der Waals surface area contributed by atoms with Crippen molar-refractivity contribution in [1.82, 2.24) is 19.6 Å². The minimum absolute atomic E-state index is 0.0542. The molecule has 2 heterocycles. The summed E-state index contributed by atoms with van der Waals surface area (Å²) < 4.78 is 1.78. The van der Waals surface area contributed by atoms with E-state index in [1.165, 1.54) is 11.1 Å². The molecular weight excluding hydrogens is 396 g/mol. The van der Waals surface area contributed by atoms with Crippen molar-refractivity contribution in [1.29, 1.82) is 0 Å². The maximum Gasteiger partial charge on any atom is 0.257 e. The van der Waals surface area contributed by atoms with Gasteiger partial charge in [-0.1, -0.05) is 41.9 Å². The van der Waals surface area contributed by atoms with Crippen LogP contribution in [0.1, 0.15) is 33.6 Å². The Morgan fingerprint density at radius 1 is 1.03 bits per heavy atom. The average molecular weight is 423 g/mol. The fourth-order valence-corrected chi connectivity index (χ4v) is 4.20. The van der Waals surface area contributed by atoms with Crippen LogP contribution in [0, 0.1) is 13.8 Å². The number of hydrogen-bond acceptors (Lipinski definition) is 3. The Labute approximate surface area is 182 Å². The van der Waals surface area contributed by atoms with Crippen molar-refractivity contribution in [3.8, 4) is 5.69 Å². The molecule has 30 heavy (non-hydrogen) atoms. The molecule has 0 radical (unpaired) electrons. The first-order chi connectivity index (χ1) is 14.5. The molecule has 0 atom stereocenters. The van der Waals surface area contributed by atoms with E-state index in [2.05, 4.69) is 41.2 Å². The third-order valence-electron chi connectivity index (χ3n) is 5.82. The SMILES string of the molecule is Cc1ccccc1CN1CCCN(C(=O)c2cnn(-c3cccc(Cl)c3)c2C)CC1. The summed E-state index contributed by atoms with van der Waals surface area (Å²) in [5.41, 5.74) is 5.03. The van der Waals surface area contributed by atoms with E-state index in [1.54, 1.807) is 10.9 Å². The zero-order valence-electron chi connectivity index (χ0n) is 17.5. The van der Waals surface area contributed by atoms with E-state index in [0.29, 0.717) is 10.6 Å². The first-order valence-corrected chi connectivity index (χ1v) is 10.8. The van der Waals surface area contributed by atoms with Crippen molar-refractivity contribution in [2.45, 2.75) is 26.8 Å². The molecular formula is C24H27ClN4O. The van der Waals surface area contributed by atoms with Crippen LogP contribution in [0.3, 0.4) is 0 Å². The summed E-state index contributed by atoms with van der Waals surface area (Å²) in [5.74, 6) is 0.0542. The summed E-state index contributed by atoms with van der Waals surface area (Å²) >= 11 is 6.12. The Balaban J connectivity index is 1.45. The Hall–Kier alpha value is -2.63. The molecule has 0 bridgehead atoms. The second-order valence-corrected chi connectivity index (χ2v) is 8.32. The molecule has 156 valence electrons. The summed E-state index contributed by atoms with van der Waals surface area (Å²) in [5, 5.41) is 5.10. The van der Waals surface area contributed by atoms with Gasteiger partial charge in [0.15, 0.2) is 0 Å². The second-order valence-electron chi connectivity index (χ2n) is 7.88. The Kier molecular flexibility index (Phi) is 6.21. The summed E-state index contributed by atoms with van der Waals surface area (Å²) in [6.07, 6.45) is 2.65. The van der Waals surface area contributed by atoms with Crippen LogP contribution in [-0.4, -0.2) is 51.7 Å². The molecule has 1 aliphatic heterocycles. The lowest BCUT2D eigenvalue weighted by Crippen LogP contribution is -2.35. The number of halogens is 1.